The van der Waals surface area contributed by atoms with Crippen LogP contribution >= 0.6 is 0 Å². The molecule has 1 aromatic heterocycles. The van der Waals surface area contributed by atoms with Gasteiger partial charge in [0.15, 0.2) is 0 Å². The number of nitrogens with one attached hydrogen (secondary N) is 1. The van der Waals surface area contributed by atoms with Crippen LogP contribution in [0, 0.1) is 11.3 Å². The van der Waals surface area contributed by atoms with Gasteiger partial charge in [-0.05, 0) is 30.9 Å². The zero-order valence-corrected chi connectivity index (χ0v) is 9.76. The van der Waals surface area contributed by atoms with Crippen LogP contribution in [0.15, 0.2) is 18.3 Å². The fourth-order valence-corrected chi connectivity index (χ4v) is 2.22. The summed E-state index contributed by atoms with van der Waals surface area (Å²) in [4.78, 5) is 6.34. The molecule has 0 aliphatic carbocycles. The van der Waals surface area contributed by atoms with Crippen LogP contribution in [0.5, 0.6) is 0 Å². The van der Waals surface area contributed by atoms with E-state index in [2.05, 4.69) is 9.88 Å². The van der Waals surface area contributed by atoms with Crippen molar-refractivity contribution in [2.45, 2.75) is 12.8 Å². The van der Waals surface area contributed by atoms with Crippen molar-refractivity contribution in [3.8, 4) is 0 Å². The number of nitrogen functional groups attached to an aromatic ring is 1. The molecule has 0 atom stereocenters. The number of amidine groups is 1. The number of nitrogens with zero attached hydrogens (tertiary/aromatic N) is 2. The minimum Gasteiger partial charge on any atom is -0.396 e. The maximum absolute atomic E-state index is 9.11. The number of anilines is 1. The third-order valence-corrected chi connectivity index (χ3v) is 3.25. The minimum absolute atomic E-state index is 0.00452. The second-order valence-corrected chi connectivity index (χ2v) is 4.40. The molecule has 1 fully saturated rings. The zero-order valence-electron chi connectivity index (χ0n) is 9.76. The van der Waals surface area contributed by atoms with Crippen molar-refractivity contribution in [1.29, 1.82) is 5.41 Å². The normalized spacial score (nSPS) is 17.1. The average Bonchev–Trinajstić information content (AvgIpc) is 2.39. The molecule has 0 aromatic carbocycles. The van der Waals surface area contributed by atoms with Gasteiger partial charge >= 0.3 is 0 Å². The lowest BCUT2D eigenvalue weighted by Gasteiger charge is -2.33. The lowest BCUT2D eigenvalue weighted by molar-refractivity contribution is 0.203. The Morgan fingerprint density at radius 2 is 2.24 bits per heavy atom. The van der Waals surface area contributed by atoms with Crippen molar-refractivity contribution in [1.82, 2.24) is 4.98 Å². The molecule has 5 heteroatoms. The first-order valence-corrected chi connectivity index (χ1v) is 5.87. The first-order valence-electron chi connectivity index (χ1n) is 5.87. The van der Waals surface area contributed by atoms with Crippen LogP contribution < -0.4 is 10.6 Å². The molecule has 2 rings (SSSR count). The molecule has 4 N–H and O–H groups in total. The Labute approximate surface area is 101 Å². The van der Waals surface area contributed by atoms with Crippen molar-refractivity contribution < 1.29 is 5.11 Å². The van der Waals surface area contributed by atoms with Crippen molar-refractivity contribution in [2.75, 3.05) is 24.6 Å². The van der Waals surface area contributed by atoms with Gasteiger partial charge in [-0.1, -0.05) is 0 Å². The summed E-state index contributed by atoms with van der Waals surface area (Å²) < 4.78 is 0. The predicted octanol–water partition coefficient (Wildman–Crippen LogP) is 0.574. The molecule has 1 aliphatic rings. The van der Waals surface area contributed by atoms with Gasteiger partial charge in [0.2, 0.25) is 0 Å². The molecular weight excluding hydrogens is 216 g/mol. The van der Waals surface area contributed by atoms with Gasteiger partial charge in [0.05, 0.1) is 5.69 Å². The minimum atomic E-state index is 0.00452. The van der Waals surface area contributed by atoms with Crippen molar-refractivity contribution in [2.24, 2.45) is 11.7 Å². The molecular formula is C12H18N4O. The molecule has 2 heterocycles. The SMILES string of the molecule is N=C(N)c1ncccc1N1CCC(CO)CC1. The molecule has 92 valence electrons. The number of aromatic nitrogens is 1. The lowest BCUT2D eigenvalue weighted by Crippen LogP contribution is -2.36. The maximum atomic E-state index is 9.11. The van der Waals surface area contributed by atoms with Crippen LogP contribution in [0.25, 0.3) is 0 Å². The van der Waals surface area contributed by atoms with Gasteiger partial charge in [-0.3, -0.25) is 10.4 Å². The topological polar surface area (TPSA) is 86.2 Å². The molecule has 0 amide bonds. The third-order valence-electron chi connectivity index (χ3n) is 3.25. The Morgan fingerprint density at radius 1 is 1.53 bits per heavy atom. The van der Waals surface area contributed by atoms with Crippen LogP contribution in [0.1, 0.15) is 18.5 Å². The molecule has 17 heavy (non-hydrogen) atoms. The quantitative estimate of drug-likeness (QED) is 0.527. The second kappa shape index (κ2) is 5.14. The van der Waals surface area contributed by atoms with Gasteiger partial charge in [-0.25, -0.2) is 0 Å². The van der Waals surface area contributed by atoms with Crippen LogP contribution in [0.2, 0.25) is 0 Å². The number of nitrogens with two attached hydrogens (primary N) is 1. The van der Waals surface area contributed by atoms with Gasteiger partial charge < -0.3 is 15.7 Å². The molecule has 0 radical (unpaired) electrons. The Bertz CT molecular complexity index is 399. The van der Waals surface area contributed by atoms with Crippen LogP contribution in [0.4, 0.5) is 5.69 Å². The van der Waals surface area contributed by atoms with E-state index >= 15 is 0 Å². The Morgan fingerprint density at radius 3 is 2.82 bits per heavy atom. The molecule has 1 aliphatic heterocycles. The summed E-state index contributed by atoms with van der Waals surface area (Å²) in [6, 6.07) is 3.81. The van der Waals surface area contributed by atoms with Crippen molar-refractivity contribution in [3.05, 3.63) is 24.0 Å². The highest BCUT2D eigenvalue weighted by atomic mass is 16.3. The van der Waals surface area contributed by atoms with E-state index in [1.807, 2.05) is 12.1 Å². The number of pyridine rings is 1. The van der Waals surface area contributed by atoms with E-state index in [9.17, 15) is 0 Å². The molecule has 0 bridgehead atoms. The van der Waals surface area contributed by atoms with Crippen molar-refractivity contribution in [3.63, 3.8) is 0 Å². The standard InChI is InChI=1S/C12H18N4O/c13-12(14)11-10(2-1-5-15-11)16-6-3-9(8-17)4-7-16/h1-2,5,9,17H,3-4,6-8H2,(H3,13,14). The van der Waals surface area contributed by atoms with Crippen LogP contribution in [-0.2, 0) is 0 Å². The Hall–Kier alpha value is -1.62. The number of hydrogen-bond donors (Lipinski definition) is 3. The van der Waals surface area contributed by atoms with E-state index < -0.39 is 0 Å². The van der Waals surface area contributed by atoms with Gasteiger partial charge in [-0.2, -0.15) is 0 Å². The summed E-state index contributed by atoms with van der Waals surface area (Å²) >= 11 is 0. The fourth-order valence-electron chi connectivity index (χ4n) is 2.22. The number of piperidine rings is 1. The van der Waals surface area contributed by atoms with Crippen LogP contribution in [0.3, 0.4) is 0 Å². The van der Waals surface area contributed by atoms with E-state index in [0.717, 1.165) is 31.6 Å². The van der Waals surface area contributed by atoms with Gasteiger partial charge in [0.25, 0.3) is 0 Å². The summed E-state index contributed by atoms with van der Waals surface area (Å²) in [5, 5.41) is 16.6. The highest BCUT2D eigenvalue weighted by molar-refractivity contribution is 5.98. The maximum Gasteiger partial charge on any atom is 0.143 e. The number of hydrogen-bond acceptors (Lipinski definition) is 4. The first kappa shape index (κ1) is 11.9. The summed E-state index contributed by atoms with van der Waals surface area (Å²) in [5.41, 5.74) is 7.01. The smallest absolute Gasteiger partial charge is 0.143 e. The Balaban J connectivity index is 2.15. The fraction of sp³-hybridized carbons (Fsp3) is 0.500. The van der Waals surface area contributed by atoms with E-state index in [-0.39, 0.29) is 12.4 Å². The first-order chi connectivity index (χ1) is 8.22. The van der Waals surface area contributed by atoms with Gasteiger partial charge in [0.1, 0.15) is 11.5 Å². The number of rotatable bonds is 3. The predicted molar refractivity (Wildman–Crippen MR) is 67.3 cm³/mol. The summed E-state index contributed by atoms with van der Waals surface area (Å²) in [5.74, 6) is 0.411. The summed E-state index contributed by atoms with van der Waals surface area (Å²) in [6.45, 7) is 2.04. The lowest BCUT2D eigenvalue weighted by atomic mass is 9.97. The van der Waals surface area contributed by atoms with Crippen molar-refractivity contribution >= 4 is 11.5 Å². The summed E-state index contributed by atoms with van der Waals surface area (Å²) in [6.07, 6.45) is 3.60. The monoisotopic (exact) mass is 234 g/mol. The molecule has 0 unspecified atom stereocenters. The zero-order chi connectivity index (χ0) is 12.3. The molecule has 1 saturated heterocycles. The number of aliphatic hydroxyl groups excluding tert-OH is 1. The second-order valence-electron chi connectivity index (χ2n) is 4.40. The van der Waals surface area contributed by atoms with E-state index in [0.29, 0.717) is 11.6 Å². The molecule has 0 saturated carbocycles. The largest absolute Gasteiger partial charge is 0.396 e. The number of aliphatic hydroxyl groups is 1. The third kappa shape index (κ3) is 2.55. The van der Waals surface area contributed by atoms with E-state index in [1.54, 1.807) is 6.20 Å². The van der Waals surface area contributed by atoms with E-state index in [4.69, 9.17) is 16.2 Å². The van der Waals surface area contributed by atoms with E-state index in [1.165, 1.54) is 0 Å². The molecule has 0 spiro atoms. The molecule has 1 aromatic rings. The molecule has 5 nitrogen and oxygen atoms in total. The Kier molecular flexibility index (Phi) is 3.58. The highest BCUT2D eigenvalue weighted by Gasteiger charge is 2.21. The van der Waals surface area contributed by atoms with Gasteiger partial charge in [0, 0.05) is 25.9 Å². The van der Waals surface area contributed by atoms with Crippen LogP contribution in [-0.4, -0.2) is 35.6 Å². The van der Waals surface area contributed by atoms with Gasteiger partial charge in [-0.15, -0.1) is 0 Å². The summed E-state index contributed by atoms with van der Waals surface area (Å²) in [7, 11) is 0. The average molecular weight is 234 g/mol. The highest BCUT2D eigenvalue weighted by Crippen LogP contribution is 2.24.